The Hall–Kier alpha value is 0.435. The zero-order chi connectivity index (χ0) is 16.5. The zero-order valence-corrected chi connectivity index (χ0v) is 12.8. The van der Waals surface area contributed by atoms with E-state index in [1.54, 1.807) is 6.92 Å². The summed E-state index contributed by atoms with van der Waals surface area (Å²) in [5, 5.41) is 9.59. The molecule has 0 spiro atoms. The molecule has 1 saturated heterocycles. The molecule has 4 N–H and O–H groups in total. The van der Waals surface area contributed by atoms with Gasteiger partial charge in [0.05, 0.1) is 26.4 Å². The van der Waals surface area contributed by atoms with Gasteiger partial charge in [-0.2, -0.15) is 4.31 Å². The normalized spacial score (nSPS) is 32.6. The number of hydrogen-bond acceptors (Lipinski definition) is 8. The summed E-state index contributed by atoms with van der Waals surface area (Å²) in [6.07, 6.45) is -1.42. The van der Waals surface area contributed by atoms with Crippen LogP contribution in [0.4, 0.5) is 0 Å². The van der Waals surface area contributed by atoms with Crippen LogP contribution in [-0.2, 0) is 31.6 Å². The van der Waals surface area contributed by atoms with Gasteiger partial charge in [0.1, 0.15) is 6.10 Å². The quantitative estimate of drug-likeness (QED) is 0.329. The molecule has 1 aliphatic heterocycles. The van der Waals surface area contributed by atoms with Gasteiger partial charge in [0.15, 0.2) is 7.47 Å². The SMILES string of the molecule is [BH3-]P(=O)(OC[C@H]1O[C@@H](C)CC1O)OP(=O)(O)OP(=O)(O)O. The molecule has 0 aromatic carbocycles. The van der Waals surface area contributed by atoms with Gasteiger partial charge in [-0.25, -0.2) is 13.4 Å². The standard InChI is InChI=1S/C6H17BO11P3/c1-4-2-5(8)6(16-4)3-15-19(7,9)17-21(13,14)18-20(10,11)12/h4-6,8H,2-3H2,1,7H3,(H,13,14)(H2,10,11,12)/q-1/t4-,5?,6+,19?/m0/s1. The molecule has 1 rings (SSSR count). The number of ether oxygens (including phenoxy) is 1. The molecule has 1 fully saturated rings. The molecule has 11 nitrogen and oxygen atoms in total. The summed E-state index contributed by atoms with van der Waals surface area (Å²) in [7, 11) is -15.7. The van der Waals surface area contributed by atoms with Gasteiger partial charge in [-0.3, -0.25) is 0 Å². The smallest absolute Gasteiger partial charge is 0.390 e. The van der Waals surface area contributed by atoms with Crippen molar-refractivity contribution >= 4 is 30.7 Å². The predicted molar refractivity (Wildman–Crippen MR) is 72.5 cm³/mol. The van der Waals surface area contributed by atoms with Gasteiger partial charge in [-0.05, 0) is 6.92 Å². The van der Waals surface area contributed by atoms with Crippen molar-refractivity contribution in [3.05, 3.63) is 0 Å². The van der Waals surface area contributed by atoms with Crippen molar-refractivity contribution in [2.75, 3.05) is 6.61 Å². The van der Waals surface area contributed by atoms with E-state index in [0.29, 0.717) is 6.42 Å². The molecule has 0 aliphatic carbocycles. The van der Waals surface area contributed by atoms with Crippen LogP contribution >= 0.6 is 23.1 Å². The molecule has 126 valence electrons. The second-order valence-electron chi connectivity index (χ2n) is 3.93. The molecule has 0 amide bonds. The van der Waals surface area contributed by atoms with Crippen LogP contribution in [0.1, 0.15) is 13.3 Å². The maximum atomic E-state index is 11.9. The molecule has 0 saturated carbocycles. The predicted octanol–water partition coefficient (Wildman–Crippen LogP) is -0.759. The first-order valence-electron chi connectivity index (χ1n) is 5.21. The molecule has 15 heteroatoms. The molecular formula is C6H17BO11P3-. The van der Waals surface area contributed by atoms with E-state index >= 15 is 0 Å². The number of aliphatic hydroxyl groups is 1. The Morgan fingerprint density at radius 2 is 1.81 bits per heavy atom. The minimum Gasteiger partial charge on any atom is -0.390 e. The van der Waals surface area contributed by atoms with Crippen LogP contribution in [0.15, 0.2) is 0 Å². The largest absolute Gasteiger partial charge is 0.485 e. The molecule has 1 aliphatic rings. The van der Waals surface area contributed by atoms with Gasteiger partial charge < -0.3 is 33.6 Å². The third-order valence-electron chi connectivity index (χ3n) is 2.13. The maximum Gasteiger partial charge on any atom is 0.485 e. The molecule has 0 aromatic rings. The second-order valence-corrected chi connectivity index (χ2v) is 7.86. The number of rotatable bonds is 7. The van der Waals surface area contributed by atoms with Crippen LogP contribution in [-0.4, -0.2) is 52.3 Å². The van der Waals surface area contributed by atoms with Gasteiger partial charge in [-0.15, -0.1) is 0 Å². The van der Waals surface area contributed by atoms with Crippen LogP contribution < -0.4 is 0 Å². The molecular weight excluding hydrogens is 352 g/mol. The van der Waals surface area contributed by atoms with Crippen molar-refractivity contribution in [2.45, 2.75) is 31.7 Å². The summed E-state index contributed by atoms with van der Waals surface area (Å²) >= 11 is 0. The fourth-order valence-electron chi connectivity index (χ4n) is 1.48. The Morgan fingerprint density at radius 3 is 2.24 bits per heavy atom. The maximum absolute atomic E-state index is 11.9. The fourth-order valence-corrected chi connectivity index (χ4v) is 4.07. The first-order valence-corrected chi connectivity index (χ1v) is 9.34. The van der Waals surface area contributed by atoms with Crippen LogP contribution in [0, 0.1) is 0 Å². The van der Waals surface area contributed by atoms with E-state index in [-0.39, 0.29) is 12.7 Å². The minimum absolute atomic E-state index is 0.209. The lowest BCUT2D eigenvalue weighted by Crippen LogP contribution is -2.26. The average Bonchev–Trinajstić information content (AvgIpc) is 2.48. The Balaban J connectivity index is 2.56. The lowest BCUT2D eigenvalue weighted by Gasteiger charge is -2.24. The third kappa shape index (κ3) is 7.50. The highest BCUT2D eigenvalue weighted by molar-refractivity contribution is 7.84. The van der Waals surface area contributed by atoms with E-state index in [1.165, 1.54) is 0 Å². The number of aliphatic hydroxyl groups excluding tert-OH is 1. The second kappa shape index (κ2) is 6.90. The molecule has 1 heterocycles. The molecule has 5 atom stereocenters. The van der Waals surface area contributed by atoms with Crippen LogP contribution in [0.25, 0.3) is 0 Å². The highest BCUT2D eigenvalue weighted by Crippen LogP contribution is 2.66. The minimum atomic E-state index is -5.28. The third-order valence-corrected chi connectivity index (χ3v) is 5.53. The first kappa shape index (κ1) is 19.5. The average molecular weight is 369 g/mol. The lowest BCUT2D eigenvalue weighted by molar-refractivity contribution is -0.0119. The van der Waals surface area contributed by atoms with Gasteiger partial charge in [0.2, 0.25) is 0 Å². The summed E-state index contributed by atoms with van der Waals surface area (Å²) in [6, 6.07) is 0. The van der Waals surface area contributed by atoms with Crippen molar-refractivity contribution in [2.24, 2.45) is 0 Å². The number of hydrogen-bond donors (Lipinski definition) is 4. The lowest BCUT2D eigenvalue weighted by atomic mass is 10.1. The van der Waals surface area contributed by atoms with E-state index in [2.05, 4.69) is 8.62 Å². The van der Waals surface area contributed by atoms with Crippen molar-refractivity contribution < 1.29 is 51.4 Å². The molecule has 0 bridgehead atoms. The zero-order valence-electron chi connectivity index (χ0n) is 10.1. The van der Waals surface area contributed by atoms with Gasteiger partial charge in [-0.1, -0.05) is 0 Å². The van der Waals surface area contributed by atoms with Crippen LogP contribution in [0.2, 0.25) is 0 Å². The van der Waals surface area contributed by atoms with Gasteiger partial charge in [0.25, 0.3) is 0 Å². The van der Waals surface area contributed by atoms with Gasteiger partial charge >= 0.3 is 15.6 Å². The van der Waals surface area contributed by atoms with E-state index in [0.717, 1.165) is 0 Å². The van der Waals surface area contributed by atoms with E-state index in [1.807, 2.05) is 0 Å². The summed E-state index contributed by atoms with van der Waals surface area (Å²) in [6.45, 7) is 1.39. The molecule has 3 unspecified atom stereocenters. The van der Waals surface area contributed by atoms with Crippen LogP contribution in [0.3, 0.4) is 0 Å². The monoisotopic (exact) mass is 369 g/mol. The summed E-state index contributed by atoms with van der Waals surface area (Å²) in [5.74, 6) is 0. The molecule has 21 heavy (non-hydrogen) atoms. The Bertz CT molecular complexity index is 504. The summed E-state index contributed by atoms with van der Waals surface area (Å²) < 4.78 is 51.6. The van der Waals surface area contributed by atoms with E-state index in [9.17, 15) is 18.8 Å². The van der Waals surface area contributed by atoms with Gasteiger partial charge in [0, 0.05) is 6.42 Å². The fraction of sp³-hybridized carbons (Fsp3) is 1.00. The number of phosphoric acid groups is 2. The highest BCUT2D eigenvalue weighted by Gasteiger charge is 2.37. The van der Waals surface area contributed by atoms with Crippen LogP contribution in [0.5, 0.6) is 0 Å². The Morgan fingerprint density at radius 1 is 1.24 bits per heavy atom. The van der Waals surface area contributed by atoms with E-state index in [4.69, 9.17) is 23.9 Å². The molecule has 0 aromatic heterocycles. The highest BCUT2D eigenvalue weighted by atomic mass is 31.3. The summed E-state index contributed by atoms with van der Waals surface area (Å²) in [4.78, 5) is 26.0. The Kier molecular flexibility index (Phi) is 6.41. The van der Waals surface area contributed by atoms with Crippen molar-refractivity contribution in [1.82, 2.24) is 0 Å². The Labute approximate surface area is 121 Å². The van der Waals surface area contributed by atoms with E-state index < -0.39 is 42.9 Å². The first-order chi connectivity index (χ1) is 9.30. The molecule has 0 radical (unpaired) electrons. The van der Waals surface area contributed by atoms with Crippen molar-refractivity contribution in [3.63, 3.8) is 0 Å². The summed E-state index contributed by atoms with van der Waals surface area (Å²) in [5.41, 5.74) is 0. The van der Waals surface area contributed by atoms with Crippen molar-refractivity contribution in [3.8, 4) is 0 Å². The van der Waals surface area contributed by atoms with Crippen molar-refractivity contribution in [1.29, 1.82) is 0 Å². The topological polar surface area (TPSA) is 169 Å².